The van der Waals surface area contributed by atoms with Gasteiger partial charge in [0.1, 0.15) is 0 Å². The number of carboxylic acid groups (broad SMARTS) is 1. The van der Waals surface area contributed by atoms with Crippen LogP contribution in [0.15, 0.2) is 82.7 Å². The summed E-state index contributed by atoms with van der Waals surface area (Å²) in [5.41, 5.74) is 9.48. The Kier molecular flexibility index (Phi) is 7.18. The Hall–Kier alpha value is -4.02. The first-order valence-corrected chi connectivity index (χ1v) is 12.8. The molecule has 36 heavy (non-hydrogen) atoms. The molecule has 0 saturated carbocycles. The van der Waals surface area contributed by atoms with Crippen LogP contribution in [0.1, 0.15) is 29.5 Å². The second-order valence-electron chi connectivity index (χ2n) is 8.44. The number of benzene rings is 3. The maximum Gasteiger partial charge on any atom is 0.303 e. The maximum absolute atomic E-state index is 13.7. The van der Waals surface area contributed by atoms with Crippen molar-refractivity contribution in [2.24, 2.45) is 4.99 Å². The van der Waals surface area contributed by atoms with Gasteiger partial charge in [-0.15, -0.1) is 0 Å². The molecule has 9 nitrogen and oxygen atoms in total. The third kappa shape index (κ3) is 5.45. The van der Waals surface area contributed by atoms with Crippen LogP contribution in [0, 0.1) is 6.92 Å². The summed E-state index contributed by atoms with van der Waals surface area (Å²) >= 11 is 0. The Morgan fingerprint density at radius 3 is 2.50 bits per heavy atom. The zero-order chi connectivity index (χ0) is 25.9. The summed E-state index contributed by atoms with van der Waals surface area (Å²) in [4.78, 5) is 30.8. The number of hydrogen-bond acceptors (Lipinski definition) is 6. The number of aryl methyl sites for hydroxylation is 1. The number of para-hydroxylation sites is 1. The summed E-state index contributed by atoms with van der Waals surface area (Å²) in [5, 5.41) is 9.10. The Balaban J connectivity index is 1.83. The summed E-state index contributed by atoms with van der Waals surface area (Å²) in [6, 6.07) is 20.2. The average Bonchev–Trinajstić information content (AvgIpc) is 2.94. The molecular formula is C26H26N4O5S. The first-order valence-electron chi connectivity index (χ1n) is 11.3. The largest absolute Gasteiger partial charge is 0.481 e. The van der Waals surface area contributed by atoms with Crippen LogP contribution in [-0.2, 0) is 19.6 Å². The van der Waals surface area contributed by atoms with Gasteiger partial charge in [-0.1, -0.05) is 48.0 Å². The van der Waals surface area contributed by atoms with Gasteiger partial charge in [0, 0.05) is 29.8 Å². The lowest BCUT2D eigenvalue weighted by atomic mass is 9.99. The molecule has 0 aromatic heterocycles. The van der Waals surface area contributed by atoms with Crippen LogP contribution in [0.3, 0.4) is 0 Å². The predicted octanol–water partition coefficient (Wildman–Crippen LogP) is 2.93. The minimum atomic E-state index is -4.11. The fourth-order valence-corrected chi connectivity index (χ4v) is 5.05. The Bertz CT molecular complexity index is 1430. The summed E-state index contributed by atoms with van der Waals surface area (Å²) in [6.07, 6.45) is -1.44. The van der Waals surface area contributed by atoms with Gasteiger partial charge in [0.25, 0.3) is 5.91 Å². The molecule has 1 heterocycles. The Morgan fingerprint density at radius 2 is 1.81 bits per heavy atom. The van der Waals surface area contributed by atoms with Crippen molar-refractivity contribution in [3.05, 3.63) is 89.5 Å². The molecule has 0 spiro atoms. The number of aliphatic carboxylic acids is 1. The third-order valence-electron chi connectivity index (χ3n) is 5.74. The molecule has 1 atom stereocenters. The molecule has 0 aliphatic carbocycles. The fraction of sp³-hybridized carbons (Fsp3) is 0.192. The molecule has 4 rings (SSSR count). The monoisotopic (exact) mass is 506 g/mol. The van der Waals surface area contributed by atoms with Crippen molar-refractivity contribution in [3.8, 4) is 0 Å². The number of carbonyl (C=O) groups is 2. The number of aliphatic imine (C=N–C) groups is 1. The topological polar surface area (TPSA) is 142 Å². The van der Waals surface area contributed by atoms with Gasteiger partial charge in [-0.2, -0.15) is 4.72 Å². The van der Waals surface area contributed by atoms with Gasteiger partial charge in [0.15, 0.2) is 6.17 Å². The number of rotatable bonds is 8. The normalized spacial score (nSPS) is 15.7. The van der Waals surface area contributed by atoms with E-state index in [-0.39, 0.29) is 24.3 Å². The molecule has 3 aromatic rings. The van der Waals surface area contributed by atoms with Crippen LogP contribution < -0.4 is 15.4 Å². The average molecular weight is 507 g/mol. The van der Waals surface area contributed by atoms with E-state index in [0.29, 0.717) is 28.2 Å². The first-order chi connectivity index (χ1) is 17.2. The SMILES string of the molecule is Cc1ccc(S(=O)(=O)NC2N=C(c3cccc(N)c3)c3ccccc3N(CCCC(=O)O)C2=O)cc1. The van der Waals surface area contributed by atoms with Crippen LogP contribution in [0.4, 0.5) is 11.4 Å². The van der Waals surface area contributed by atoms with Crippen LogP contribution in [0.25, 0.3) is 0 Å². The molecule has 1 aliphatic heterocycles. The number of sulfonamides is 1. The van der Waals surface area contributed by atoms with E-state index in [9.17, 15) is 18.0 Å². The molecule has 0 fully saturated rings. The second kappa shape index (κ2) is 10.3. The molecule has 10 heteroatoms. The van der Waals surface area contributed by atoms with Gasteiger partial charge < -0.3 is 15.7 Å². The molecule has 4 N–H and O–H groups in total. The number of carboxylic acids is 1. The number of amides is 1. The lowest BCUT2D eigenvalue weighted by Crippen LogP contribution is -2.47. The molecule has 3 aromatic carbocycles. The van der Waals surface area contributed by atoms with Crippen molar-refractivity contribution in [3.63, 3.8) is 0 Å². The standard InChI is InChI=1S/C26H26N4O5S/c1-17-11-13-20(14-12-17)36(34,35)29-25-26(33)30(15-5-10-23(31)32)22-9-3-2-8-21(22)24(28-25)18-6-4-7-19(27)16-18/h2-4,6-9,11-14,16,25,29H,5,10,15,27H2,1H3,(H,31,32). The van der Waals surface area contributed by atoms with Gasteiger partial charge >= 0.3 is 5.97 Å². The number of nitrogen functional groups attached to an aromatic ring is 1. The van der Waals surface area contributed by atoms with Crippen LogP contribution in [0.5, 0.6) is 0 Å². The third-order valence-corrected chi connectivity index (χ3v) is 7.16. The number of carbonyl (C=O) groups excluding carboxylic acids is 1. The van der Waals surface area contributed by atoms with Gasteiger partial charge in [0.2, 0.25) is 10.0 Å². The van der Waals surface area contributed by atoms with Crippen molar-refractivity contribution in [2.75, 3.05) is 17.2 Å². The van der Waals surface area contributed by atoms with Crippen molar-refractivity contribution < 1.29 is 23.1 Å². The summed E-state index contributed by atoms with van der Waals surface area (Å²) in [5.74, 6) is -1.60. The number of nitrogens with zero attached hydrogens (tertiary/aromatic N) is 2. The molecule has 0 radical (unpaired) electrons. The van der Waals surface area contributed by atoms with Crippen molar-refractivity contribution in [1.29, 1.82) is 0 Å². The minimum Gasteiger partial charge on any atom is -0.481 e. The Labute approximate surface area is 209 Å². The molecular weight excluding hydrogens is 480 g/mol. The molecule has 0 saturated heterocycles. The van der Waals surface area contributed by atoms with Crippen LogP contribution in [0.2, 0.25) is 0 Å². The van der Waals surface area contributed by atoms with Crippen molar-refractivity contribution in [1.82, 2.24) is 4.72 Å². The van der Waals surface area contributed by atoms with E-state index in [4.69, 9.17) is 10.8 Å². The highest BCUT2D eigenvalue weighted by molar-refractivity contribution is 7.89. The fourth-order valence-electron chi connectivity index (χ4n) is 3.97. The zero-order valence-corrected chi connectivity index (χ0v) is 20.4. The van der Waals surface area contributed by atoms with Crippen molar-refractivity contribution in [2.45, 2.75) is 30.8 Å². The lowest BCUT2D eigenvalue weighted by molar-refractivity contribution is -0.137. The Morgan fingerprint density at radius 1 is 1.08 bits per heavy atom. The van der Waals surface area contributed by atoms with E-state index in [1.54, 1.807) is 60.7 Å². The van der Waals surface area contributed by atoms with Gasteiger partial charge in [0.05, 0.1) is 16.3 Å². The zero-order valence-electron chi connectivity index (χ0n) is 19.6. The van der Waals surface area contributed by atoms with E-state index in [1.807, 2.05) is 6.92 Å². The maximum atomic E-state index is 13.7. The predicted molar refractivity (Wildman–Crippen MR) is 137 cm³/mol. The molecule has 1 aliphatic rings. The lowest BCUT2D eigenvalue weighted by Gasteiger charge is -2.25. The molecule has 0 bridgehead atoms. The minimum absolute atomic E-state index is 0.000735. The van der Waals surface area contributed by atoms with Gasteiger partial charge in [-0.05, 0) is 43.7 Å². The number of nitrogens with one attached hydrogen (secondary N) is 1. The highest BCUT2D eigenvalue weighted by Gasteiger charge is 2.34. The number of nitrogens with two attached hydrogens (primary N) is 1. The number of benzodiazepines with no additional fused rings is 1. The number of anilines is 2. The van der Waals surface area contributed by atoms with Gasteiger partial charge in [-0.3, -0.25) is 14.6 Å². The van der Waals surface area contributed by atoms with Gasteiger partial charge in [-0.25, -0.2) is 8.42 Å². The van der Waals surface area contributed by atoms with E-state index in [0.717, 1.165) is 5.56 Å². The smallest absolute Gasteiger partial charge is 0.303 e. The van der Waals surface area contributed by atoms with E-state index >= 15 is 0 Å². The van der Waals surface area contributed by atoms with E-state index < -0.39 is 28.1 Å². The molecule has 1 unspecified atom stereocenters. The second-order valence-corrected chi connectivity index (χ2v) is 10.2. The number of hydrogen-bond donors (Lipinski definition) is 3. The quantitative estimate of drug-likeness (QED) is 0.401. The first kappa shape index (κ1) is 25.1. The van der Waals surface area contributed by atoms with E-state index in [1.165, 1.54) is 17.0 Å². The summed E-state index contributed by atoms with van der Waals surface area (Å²) < 4.78 is 28.8. The van der Waals surface area contributed by atoms with Crippen LogP contribution in [-0.4, -0.2) is 43.8 Å². The highest BCUT2D eigenvalue weighted by atomic mass is 32.2. The van der Waals surface area contributed by atoms with Crippen LogP contribution >= 0.6 is 0 Å². The van der Waals surface area contributed by atoms with E-state index in [2.05, 4.69) is 9.71 Å². The molecule has 186 valence electrons. The summed E-state index contributed by atoms with van der Waals surface area (Å²) in [7, 11) is -4.11. The summed E-state index contributed by atoms with van der Waals surface area (Å²) in [6.45, 7) is 1.91. The highest BCUT2D eigenvalue weighted by Crippen LogP contribution is 2.29. The van der Waals surface area contributed by atoms with Crippen molar-refractivity contribution >= 4 is 39.0 Å². The molecule has 1 amide bonds. The number of fused-ring (bicyclic) bond motifs is 1.